The molecule has 0 aliphatic rings. The first-order chi connectivity index (χ1) is 9.92. The lowest BCUT2D eigenvalue weighted by Crippen LogP contribution is -1.97. The molecule has 1 N–H and O–H groups in total. The summed E-state index contributed by atoms with van der Waals surface area (Å²) in [6.07, 6.45) is 1.95. The number of fused-ring (bicyclic) bond motifs is 2. The van der Waals surface area contributed by atoms with Crippen molar-refractivity contribution in [1.82, 2.24) is 14.6 Å². The third-order valence-corrected chi connectivity index (χ3v) is 3.35. The van der Waals surface area contributed by atoms with Crippen LogP contribution in [0.5, 0.6) is 0 Å². The van der Waals surface area contributed by atoms with Gasteiger partial charge in [-0.1, -0.05) is 42.5 Å². The summed E-state index contributed by atoms with van der Waals surface area (Å²) in [7, 11) is 0. The van der Waals surface area contributed by atoms with Crippen molar-refractivity contribution < 1.29 is 0 Å². The number of benzene rings is 2. The largest absolute Gasteiger partial charge is 0.323 e. The van der Waals surface area contributed by atoms with Crippen molar-refractivity contribution in [3.8, 4) is 0 Å². The molecule has 4 rings (SSSR count). The molecule has 0 spiro atoms. The Morgan fingerprint density at radius 2 is 1.65 bits per heavy atom. The van der Waals surface area contributed by atoms with Gasteiger partial charge in [0.05, 0.1) is 0 Å². The Bertz CT molecular complexity index is 890. The van der Waals surface area contributed by atoms with Crippen LogP contribution in [0.4, 0.5) is 11.6 Å². The zero-order valence-electron chi connectivity index (χ0n) is 10.7. The van der Waals surface area contributed by atoms with Crippen LogP contribution >= 0.6 is 0 Å². The average Bonchev–Trinajstić information content (AvgIpc) is 2.91. The molecule has 2 heterocycles. The van der Waals surface area contributed by atoms with Gasteiger partial charge in [0.2, 0.25) is 5.95 Å². The van der Waals surface area contributed by atoms with Crippen molar-refractivity contribution >= 4 is 28.1 Å². The summed E-state index contributed by atoms with van der Waals surface area (Å²) in [6.45, 7) is 0. The van der Waals surface area contributed by atoms with Crippen LogP contribution in [0.2, 0.25) is 0 Å². The van der Waals surface area contributed by atoms with Gasteiger partial charge in [-0.15, -0.1) is 10.2 Å². The minimum Gasteiger partial charge on any atom is -0.323 e. The first-order valence-corrected chi connectivity index (χ1v) is 6.46. The number of anilines is 2. The van der Waals surface area contributed by atoms with Gasteiger partial charge in [0.15, 0.2) is 5.65 Å². The maximum atomic E-state index is 4.20. The Kier molecular flexibility index (Phi) is 2.39. The number of aromatic nitrogens is 3. The summed E-state index contributed by atoms with van der Waals surface area (Å²) >= 11 is 0. The van der Waals surface area contributed by atoms with Gasteiger partial charge in [-0.3, -0.25) is 4.40 Å². The van der Waals surface area contributed by atoms with Gasteiger partial charge in [0, 0.05) is 17.3 Å². The fourth-order valence-electron chi connectivity index (χ4n) is 2.38. The molecule has 4 aromatic rings. The van der Waals surface area contributed by atoms with E-state index in [9.17, 15) is 0 Å². The monoisotopic (exact) mass is 260 g/mol. The predicted octanol–water partition coefficient (Wildman–Crippen LogP) is 3.63. The normalized spacial score (nSPS) is 11.0. The number of nitrogens with one attached hydrogen (secondary N) is 1. The minimum atomic E-state index is 0.719. The smallest absolute Gasteiger partial charge is 0.233 e. The Labute approximate surface area is 115 Å². The molecule has 0 atom stereocenters. The first kappa shape index (κ1) is 11.0. The lowest BCUT2D eigenvalue weighted by molar-refractivity contribution is 1.11. The molecule has 20 heavy (non-hydrogen) atoms. The van der Waals surface area contributed by atoms with E-state index in [0.29, 0.717) is 0 Å². The SMILES string of the molecule is c1ccc2c(Nc3nnc4ccccn34)cccc2c1. The molecular formula is C16H12N4. The third-order valence-electron chi connectivity index (χ3n) is 3.35. The van der Waals surface area contributed by atoms with Crippen LogP contribution in [-0.2, 0) is 0 Å². The standard InChI is InChI=1S/C16H12N4/c1-2-8-13-12(6-1)7-5-9-14(13)17-16-19-18-15-10-3-4-11-20(15)16/h1-11H,(H,17,19). The van der Waals surface area contributed by atoms with Crippen LogP contribution in [0.1, 0.15) is 0 Å². The second-order valence-electron chi connectivity index (χ2n) is 4.60. The first-order valence-electron chi connectivity index (χ1n) is 6.46. The summed E-state index contributed by atoms with van der Waals surface area (Å²) in [5.74, 6) is 0.719. The maximum Gasteiger partial charge on any atom is 0.233 e. The number of nitrogens with zero attached hydrogens (tertiary/aromatic N) is 3. The predicted molar refractivity (Wildman–Crippen MR) is 80.2 cm³/mol. The molecule has 0 fully saturated rings. The summed E-state index contributed by atoms with van der Waals surface area (Å²) in [4.78, 5) is 0. The van der Waals surface area contributed by atoms with Crippen LogP contribution < -0.4 is 5.32 Å². The van der Waals surface area contributed by atoms with Crippen molar-refractivity contribution in [3.63, 3.8) is 0 Å². The number of pyridine rings is 1. The van der Waals surface area contributed by atoms with Crippen molar-refractivity contribution in [2.45, 2.75) is 0 Å². The van der Waals surface area contributed by atoms with E-state index in [2.05, 4.69) is 33.7 Å². The molecule has 0 aliphatic carbocycles. The molecule has 0 radical (unpaired) electrons. The van der Waals surface area contributed by atoms with Gasteiger partial charge in [-0.05, 0) is 23.6 Å². The zero-order chi connectivity index (χ0) is 13.4. The minimum absolute atomic E-state index is 0.719. The molecule has 0 saturated heterocycles. The highest BCUT2D eigenvalue weighted by Gasteiger charge is 2.06. The van der Waals surface area contributed by atoms with E-state index in [1.54, 1.807) is 0 Å². The van der Waals surface area contributed by atoms with Gasteiger partial charge >= 0.3 is 0 Å². The summed E-state index contributed by atoms with van der Waals surface area (Å²) < 4.78 is 1.93. The van der Waals surface area contributed by atoms with Crippen LogP contribution in [0.15, 0.2) is 66.9 Å². The highest BCUT2D eigenvalue weighted by molar-refractivity contribution is 5.94. The van der Waals surface area contributed by atoms with Gasteiger partial charge in [0.25, 0.3) is 0 Å². The Morgan fingerprint density at radius 3 is 2.65 bits per heavy atom. The van der Waals surface area contributed by atoms with Crippen molar-refractivity contribution in [2.75, 3.05) is 5.32 Å². The molecule has 96 valence electrons. The molecule has 0 unspecified atom stereocenters. The molecule has 4 nitrogen and oxygen atoms in total. The van der Waals surface area contributed by atoms with E-state index in [4.69, 9.17) is 0 Å². The Morgan fingerprint density at radius 1 is 0.800 bits per heavy atom. The molecular weight excluding hydrogens is 248 g/mol. The van der Waals surface area contributed by atoms with E-state index < -0.39 is 0 Å². The van der Waals surface area contributed by atoms with Gasteiger partial charge in [-0.2, -0.15) is 0 Å². The molecule has 2 aromatic heterocycles. The lowest BCUT2D eigenvalue weighted by atomic mass is 10.1. The number of hydrogen-bond donors (Lipinski definition) is 1. The van der Waals surface area contributed by atoms with E-state index >= 15 is 0 Å². The lowest BCUT2D eigenvalue weighted by Gasteiger charge is -2.08. The van der Waals surface area contributed by atoms with Crippen molar-refractivity contribution in [1.29, 1.82) is 0 Å². The van der Waals surface area contributed by atoms with E-state index in [-0.39, 0.29) is 0 Å². The molecule has 0 bridgehead atoms. The van der Waals surface area contributed by atoms with E-state index in [0.717, 1.165) is 17.3 Å². The van der Waals surface area contributed by atoms with E-state index in [1.807, 2.05) is 53.1 Å². The number of rotatable bonds is 2. The molecule has 0 amide bonds. The van der Waals surface area contributed by atoms with Crippen LogP contribution in [0.25, 0.3) is 16.4 Å². The Balaban J connectivity index is 1.85. The molecule has 0 saturated carbocycles. The highest BCUT2D eigenvalue weighted by atomic mass is 15.3. The topological polar surface area (TPSA) is 42.2 Å². The van der Waals surface area contributed by atoms with Crippen LogP contribution in [0, 0.1) is 0 Å². The molecule has 4 heteroatoms. The summed E-state index contributed by atoms with van der Waals surface area (Å²) in [5, 5.41) is 14.1. The van der Waals surface area contributed by atoms with E-state index in [1.165, 1.54) is 10.8 Å². The van der Waals surface area contributed by atoms with Crippen molar-refractivity contribution in [3.05, 3.63) is 66.9 Å². The fourth-order valence-corrected chi connectivity index (χ4v) is 2.38. The second kappa shape index (κ2) is 4.35. The maximum absolute atomic E-state index is 4.20. The third kappa shape index (κ3) is 1.70. The van der Waals surface area contributed by atoms with Crippen LogP contribution in [-0.4, -0.2) is 14.6 Å². The van der Waals surface area contributed by atoms with Crippen molar-refractivity contribution in [2.24, 2.45) is 0 Å². The summed E-state index contributed by atoms with van der Waals surface area (Å²) in [6, 6.07) is 20.3. The fraction of sp³-hybridized carbons (Fsp3) is 0. The van der Waals surface area contributed by atoms with Gasteiger partial charge in [-0.25, -0.2) is 0 Å². The zero-order valence-corrected chi connectivity index (χ0v) is 10.7. The Hall–Kier alpha value is -2.88. The van der Waals surface area contributed by atoms with Gasteiger partial charge < -0.3 is 5.32 Å². The quantitative estimate of drug-likeness (QED) is 0.598. The molecule has 0 aliphatic heterocycles. The van der Waals surface area contributed by atoms with Gasteiger partial charge in [0.1, 0.15) is 0 Å². The highest BCUT2D eigenvalue weighted by Crippen LogP contribution is 2.25. The molecule has 2 aromatic carbocycles. The second-order valence-corrected chi connectivity index (χ2v) is 4.60. The summed E-state index contributed by atoms with van der Waals surface area (Å²) in [5.41, 5.74) is 1.86. The van der Waals surface area contributed by atoms with Crippen LogP contribution in [0.3, 0.4) is 0 Å². The number of hydrogen-bond acceptors (Lipinski definition) is 3. The average molecular weight is 260 g/mol.